The van der Waals surface area contributed by atoms with Crippen molar-refractivity contribution in [1.82, 2.24) is 0 Å². The summed E-state index contributed by atoms with van der Waals surface area (Å²) in [6, 6.07) is 5.50. The van der Waals surface area contributed by atoms with E-state index in [2.05, 4.69) is 0 Å². The monoisotopic (exact) mass is 313 g/mol. The third-order valence-corrected chi connectivity index (χ3v) is 6.90. The molecule has 1 aromatic carbocycles. The molecular formula is C14H19NO3S2. The van der Waals surface area contributed by atoms with Crippen molar-refractivity contribution in [3.05, 3.63) is 29.3 Å². The molecule has 1 saturated heterocycles. The standard InChI is InChI=1S/C14H19NO3S2/c1-3-20(17,18)14-10-19-7-6-15(14)13-5-4-12(9-16)11(2)8-13/h4-5,8-9,14H,3,6-7,10H2,1-2H3. The molecule has 0 spiro atoms. The highest BCUT2D eigenvalue weighted by atomic mass is 32.2. The van der Waals surface area contributed by atoms with Gasteiger partial charge in [0.2, 0.25) is 0 Å². The second-order valence-corrected chi connectivity index (χ2v) is 8.43. The van der Waals surface area contributed by atoms with Gasteiger partial charge in [0.05, 0.1) is 0 Å². The first kappa shape index (κ1) is 15.4. The lowest BCUT2D eigenvalue weighted by molar-refractivity contribution is 0.112. The lowest BCUT2D eigenvalue weighted by Crippen LogP contribution is -2.48. The average Bonchev–Trinajstić information content (AvgIpc) is 2.47. The number of aryl methyl sites for hydroxylation is 1. The Morgan fingerprint density at radius 3 is 2.80 bits per heavy atom. The van der Waals surface area contributed by atoms with E-state index in [0.717, 1.165) is 23.3 Å². The van der Waals surface area contributed by atoms with Crippen molar-refractivity contribution in [3.63, 3.8) is 0 Å². The van der Waals surface area contributed by atoms with Gasteiger partial charge >= 0.3 is 0 Å². The van der Waals surface area contributed by atoms with Gasteiger partial charge < -0.3 is 4.90 Å². The lowest BCUT2D eigenvalue weighted by atomic mass is 10.1. The summed E-state index contributed by atoms with van der Waals surface area (Å²) in [6.45, 7) is 4.28. The maximum absolute atomic E-state index is 12.2. The minimum absolute atomic E-state index is 0.153. The molecule has 110 valence electrons. The number of carbonyl (C=O) groups is 1. The predicted molar refractivity (Wildman–Crippen MR) is 84.5 cm³/mol. The number of anilines is 1. The number of sulfone groups is 1. The fourth-order valence-electron chi connectivity index (χ4n) is 2.34. The Hall–Kier alpha value is -1.01. The normalized spacial score (nSPS) is 19.9. The fraction of sp³-hybridized carbons (Fsp3) is 0.500. The Labute approximate surface area is 124 Å². The maximum atomic E-state index is 12.2. The van der Waals surface area contributed by atoms with E-state index in [9.17, 15) is 13.2 Å². The van der Waals surface area contributed by atoms with Gasteiger partial charge in [0.15, 0.2) is 9.84 Å². The molecule has 1 fully saturated rings. The van der Waals surface area contributed by atoms with Gasteiger partial charge in [-0.05, 0) is 30.7 Å². The molecule has 2 rings (SSSR count). The number of hydrogen-bond donors (Lipinski definition) is 0. The molecule has 1 aromatic rings. The van der Waals surface area contributed by atoms with Gasteiger partial charge in [-0.1, -0.05) is 6.92 Å². The number of nitrogens with zero attached hydrogens (tertiary/aromatic N) is 1. The van der Waals surface area contributed by atoms with Gasteiger partial charge in [-0.2, -0.15) is 11.8 Å². The molecular weight excluding hydrogens is 294 g/mol. The molecule has 6 heteroatoms. The second kappa shape index (κ2) is 6.18. The van der Waals surface area contributed by atoms with Crippen LogP contribution in [0.15, 0.2) is 18.2 Å². The van der Waals surface area contributed by atoms with Crippen LogP contribution in [0.3, 0.4) is 0 Å². The van der Waals surface area contributed by atoms with E-state index < -0.39 is 15.2 Å². The molecule has 0 aliphatic carbocycles. The van der Waals surface area contributed by atoms with Crippen LogP contribution >= 0.6 is 11.8 Å². The van der Waals surface area contributed by atoms with Crippen molar-refractivity contribution in [2.75, 3.05) is 28.7 Å². The molecule has 0 amide bonds. The predicted octanol–water partition coefficient (Wildman–Crippen LogP) is 2.12. The molecule has 1 atom stereocenters. The van der Waals surface area contributed by atoms with Crippen LogP contribution in [0.2, 0.25) is 0 Å². The third kappa shape index (κ3) is 3.01. The van der Waals surface area contributed by atoms with E-state index in [1.807, 2.05) is 24.0 Å². The third-order valence-electron chi connectivity index (χ3n) is 3.61. The molecule has 20 heavy (non-hydrogen) atoms. The van der Waals surface area contributed by atoms with Crippen LogP contribution in [-0.2, 0) is 9.84 Å². The summed E-state index contributed by atoms with van der Waals surface area (Å²) in [5.41, 5.74) is 2.41. The van der Waals surface area contributed by atoms with Gasteiger partial charge in [-0.3, -0.25) is 4.79 Å². The van der Waals surface area contributed by atoms with Crippen LogP contribution in [0.4, 0.5) is 5.69 Å². The van der Waals surface area contributed by atoms with E-state index in [1.54, 1.807) is 24.8 Å². The summed E-state index contributed by atoms with van der Waals surface area (Å²) in [4.78, 5) is 12.8. The van der Waals surface area contributed by atoms with Crippen LogP contribution in [0, 0.1) is 6.92 Å². The van der Waals surface area contributed by atoms with Crippen molar-refractivity contribution in [3.8, 4) is 0 Å². The van der Waals surface area contributed by atoms with Crippen LogP contribution in [-0.4, -0.2) is 43.9 Å². The summed E-state index contributed by atoms with van der Waals surface area (Å²) < 4.78 is 24.5. The number of benzene rings is 1. The summed E-state index contributed by atoms with van der Waals surface area (Å²) >= 11 is 1.68. The average molecular weight is 313 g/mol. The van der Waals surface area contributed by atoms with E-state index in [0.29, 0.717) is 17.9 Å². The molecule has 1 heterocycles. The van der Waals surface area contributed by atoms with Crippen molar-refractivity contribution < 1.29 is 13.2 Å². The molecule has 1 aliphatic rings. The molecule has 0 bridgehead atoms. The van der Waals surface area contributed by atoms with Gasteiger partial charge in [0.1, 0.15) is 11.7 Å². The van der Waals surface area contributed by atoms with E-state index in [-0.39, 0.29) is 5.75 Å². The zero-order valence-electron chi connectivity index (χ0n) is 11.7. The molecule has 0 saturated carbocycles. The first-order valence-electron chi connectivity index (χ1n) is 6.61. The number of rotatable bonds is 4. The largest absolute Gasteiger partial charge is 0.353 e. The van der Waals surface area contributed by atoms with Gasteiger partial charge in [-0.15, -0.1) is 0 Å². The number of aldehydes is 1. The second-order valence-electron chi connectivity index (χ2n) is 4.83. The molecule has 0 radical (unpaired) electrons. The number of carbonyl (C=O) groups excluding carboxylic acids is 1. The summed E-state index contributed by atoms with van der Waals surface area (Å²) in [5, 5.41) is -0.465. The zero-order chi connectivity index (χ0) is 14.8. The Kier molecular flexibility index (Phi) is 4.75. The fourth-order valence-corrected chi connectivity index (χ4v) is 5.33. The zero-order valence-corrected chi connectivity index (χ0v) is 13.3. The number of thioether (sulfide) groups is 1. The summed E-state index contributed by atoms with van der Waals surface area (Å²) in [7, 11) is -3.11. The van der Waals surface area contributed by atoms with Gasteiger partial charge in [0, 0.05) is 35.1 Å². The first-order valence-corrected chi connectivity index (χ1v) is 9.48. The van der Waals surface area contributed by atoms with E-state index >= 15 is 0 Å². The van der Waals surface area contributed by atoms with Crippen molar-refractivity contribution in [2.45, 2.75) is 19.2 Å². The van der Waals surface area contributed by atoms with Crippen molar-refractivity contribution in [2.24, 2.45) is 0 Å². The molecule has 1 aliphatic heterocycles. The Balaban J connectivity index is 2.38. The smallest absolute Gasteiger partial charge is 0.171 e. The van der Waals surface area contributed by atoms with Crippen LogP contribution in [0.5, 0.6) is 0 Å². The van der Waals surface area contributed by atoms with E-state index in [4.69, 9.17) is 0 Å². The summed E-state index contributed by atoms with van der Waals surface area (Å²) in [5.74, 6) is 1.68. The SMILES string of the molecule is CCS(=O)(=O)C1CSCCN1c1ccc(C=O)c(C)c1. The van der Waals surface area contributed by atoms with Crippen LogP contribution in [0.25, 0.3) is 0 Å². The highest BCUT2D eigenvalue weighted by Gasteiger charge is 2.33. The van der Waals surface area contributed by atoms with Gasteiger partial charge in [-0.25, -0.2) is 8.42 Å². The maximum Gasteiger partial charge on any atom is 0.171 e. The molecule has 1 unspecified atom stereocenters. The highest BCUT2D eigenvalue weighted by molar-refractivity contribution is 8.01. The molecule has 4 nitrogen and oxygen atoms in total. The van der Waals surface area contributed by atoms with E-state index in [1.165, 1.54) is 0 Å². The highest BCUT2D eigenvalue weighted by Crippen LogP contribution is 2.28. The van der Waals surface area contributed by atoms with Crippen LogP contribution < -0.4 is 4.90 Å². The minimum atomic E-state index is -3.11. The lowest BCUT2D eigenvalue weighted by Gasteiger charge is -2.36. The quantitative estimate of drug-likeness (QED) is 0.797. The van der Waals surface area contributed by atoms with Crippen molar-refractivity contribution >= 4 is 33.6 Å². The van der Waals surface area contributed by atoms with Crippen LogP contribution in [0.1, 0.15) is 22.8 Å². The Bertz CT molecular complexity index is 598. The first-order chi connectivity index (χ1) is 9.49. The van der Waals surface area contributed by atoms with Crippen molar-refractivity contribution in [1.29, 1.82) is 0 Å². The Morgan fingerprint density at radius 1 is 1.45 bits per heavy atom. The topological polar surface area (TPSA) is 54.5 Å². The van der Waals surface area contributed by atoms with Gasteiger partial charge in [0.25, 0.3) is 0 Å². The summed E-state index contributed by atoms with van der Waals surface area (Å²) in [6.07, 6.45) is 0.825. The minimum Gasteiger partial charge on any atom is -0.353 e. The molecule has 0 N–H and O–H groups in total. The molecule has 0 aromatic heterocycles. The number of hydrogen-bond acceptors (Lipinski definition) is 5. The Morgan fingerprint density at radius 2 is 2.20 bits per heavy atom.